The van der Waals surface area contributed by atoms with E-state index in [0.29, 0.717) is 6.54 Å². The third-order valence-electron chi connectivity index (χ3n) is 2.48. The molecule has 0 fully saturated rings. The van der Waals surface area contributed by atoms with Crippen molar-refractivity contribution in [1.29, 1.82) is 0 Å². The van der Waals surface area contributed by atoms with Crippen LogP contribution in [-0.2, 0) is 13.0 Å². The van der Waals surface area contributed by atoms with Gasteiger partial charge in [0.25, 0.3) is 0 Å². The number of halogens is 1. The van der Waals surface area contributed by atoms with E-state index < -0.39 is 0 Å². The molecule has 0 amide bonds. The second-order valence-corrected chi connectivity index (χ2v) is 4.55. The second kappa shape index (κ2) is 6.52. The van der Waals surface area contributed by atoms with E-state index in [1.165, 1.54) is 5.01 Å². The molecule has 17 heavy (non-hydrogen) atoms. The van der Waals surface area contributed by atoms with Gasteiger partial charge in [-0.15, -0.1) is 0 Å². The van der Waals surface area contributed by atoms with Crippen molar-refractivity contribution in [3.05, 3.63) is 52.5 Å². The van der Waals surface area contributed by atoms with Gasteiger partial charge in [-0.1, -0.05) is 48.6 Å². The molecule has 0 bridgehead atoms. The summed E-state index contributed by atoms with van der Waals surface area (Å²) in [6, 6.07) is 9.44. The van der Waals surface area contributed by atoms with Gasteiger partial charge in [-0.3, -0.25) is 4.79 Å². The lowest BCUT2D eigenvalue weighted by Crippen LogP contribution is -3.00. The molecule has 2 aromatic rings. The second-order valence-electron chi connectivity index (χ2n) is 3.57. The highest BCUT2D eigenvalue weighted by Gasteiger charge is 2.16. The Kier molecular flexibility index (Phi) is 5.32. The Bertz CT molecular complexity index is 481. The lowest BCUT2D eigenvalue weighted by molar-refractivity contribution is -0.685. The van der Waals surface area contributed by atoms with E-state index in [-0.39, 0.29) is 18.2 Å². The first-order chi connectivity index (χ1) is 7.81. The number of ketones is 1. The number of carbonyl (C=O) groups is 1. The Hall–Kier alpha value is -1.19. The predicted molar refractivity (Wildman–Crippen MR) is 64.7 cm³/mol. The van der Waals surface area contributed by atoms with Gasteiger partial charge < -0.3 is 12.4 Å². The minimum absolute atomic E-state index is 0. The molecular formula is C13H14ClNOS. The van der Waals surface area contributed by atoms with Gasteiger partial charge in [0.05, 0.1) is 5.38 Å². The summed E-state index contributed by atoms with van der Waals surface area (Å²) < 4.78 is 2.03. The number of nitrogens with zero attached hydrogens (tertiary/aromatic N) is 1. The number of rotatable bonds is 4. The molecule has 0 saturated heterocycles. The van der Waals surface area contributed by atoms with E-state index in [4.69, 9.17) is 0 Å². The van der Waals surface area contributed by atoms with Crippen molar-refractivity contribution >= 4 is 17.1 Å². The Morgan fingerprint density at radius 1 is 1.29 bits per heavy atom. The smallest absolute Gasteiger partial charge is 0.237 e. The Morgan fingerprint density at radius 3 is 2.65 bits per heavy atom. The summed E-state index contributed by atoms with van der Waals surface area (Å²) in [5, 5.41) is 3.26. The number of aromatic nitrogens is 1. The summed E-state index contributed by atoms with van der Waals surface area (Å²) in [6.07, 6.45) is 2.95. The number of benzene rings is 1. The zero-order valence-corrected chi connectivity index (χ0v) is 11.2. The minimum atomic E-state index is 0. The average Bonchev–Trinajstić information content (AvgIpc) is 2.77. The van der Waals surface area contributed by atoms with Crippen LogP contribution in [0.15, 0.2) is 41.9 Å². The maximum Gasteiger partial charge on any atom is 0.237 e. The van der Waals surface area contributed by atoms with Crippen molar-refractivity contribution < 1.29 is 21.8 Å². The summed E-state index contributed by atoms with van der Waals surface area (Å²) in [5.41, 5.74) is 0.781. The van der Waals surface area contributed by atoms with Crippen LogP contribution >= 0.6 is 11.3 Å². The fourth-order valence-corrected chi connectivity index (χ4v) is 2.42. The van der Waals surface area contributed by atoms with Crippen LogP contribution in [0.1, 0.15) is 22.3 Å². The van der Waals surface area contributed by atoms with Crippen LogP contribution in [0.5, 0.6) is 0 Å². The molecule has 0 aliphatic rings. The molecule has 0 saturated carbocycles. The van der Waals surface area contributed by atoms with Crippen molar-refractivity contribution in [3.63, 3.8) is 0 Å². The zero-order valence-electron chi connectivity index (χ0n) is 9.60. The van der Waals surface area contributed by atoms with E-state index in [2.05, 4.69) is 6.92 Å². The van der Waals surface area contributed by atoms with Gasteiger partial charge in [0.2, 0.25) is 17.3 Å². The quantitative estimate of drug-likeness (QED) is 0.540. The summed E-state index contributed by atoms with van der Waals surface area (Å²) in [6.45, 7) is 2.55. The zero-order chi connectivity index (χ0) is 11.4. The maximum absolute atomic E-state index is 12.0. The van der Waals surface area contributed by atoms with Gasteiger partial charge in [-0.05, 0) is 0 Å². The van der Waals surface area contributed by atoms with E-state index in [0.717, 1.165) is 12.0 Å². The van der Waals surface area contributed by atoms with Crippen LogP contribution in [0.3, 0.4) is 0 Å². The summed E-state index contributed by atoms with van der Waals surface area (Å²) >= 11 is 1.70. The fourth-order valence-electron chi connectivity index (χ4n) is 1.63. The van der Waals surface area contributed by atoms with Gasteiger partial charge in [0.1, 0.15) is 0 Å². The van der Waals surface area contributed by atoms with Crippen molar-refractivity contribution in [2.75, 3.05) is 0 Å². The summed E-state index contributed by atoms with van der Waals surface area (Å²) in [5.74, 6) is 0.165. The molecule has 0 spiro atoms. The van der Waals surface area contributed by atoms with Crippen molar-refractivity contribution in [2.45, 2.75) is 19.9 Å². The molecule has 0 unspecified atom stereocenters. The highest BCUT2D eigenvalue weighted by Crippen LogP contribution is 2.05. The minimum Gasteiger partial charge on any atom is -1.00 e. The molecule has 1 aromatic heterocycles. The van der Waals surface area contributed by atoms with Crippen molar-refractivity contribution in [3.8, 4) is 0 Å². The number of hydrogen-bond donors (Lipinski definition) is 0. The van der Waals surface area contributed by atoms with Crippen LogP contribution in [-0.4, -0.2) is 5.78 Å². The number of hydrogen-bond acceptors (Lipinski definition) is 2. The molecule has 2 nitrogen and oxygen atoms in total. The van der Waals surface area contributed by atoms with Gasteiger partial charge in [-0.25, -0.2) is 0 Å². The third kappa shape index (κ3) is 3.38. The highest BCUT2D eigenvalue weighted by atomic mass is 35.5. The highest BCUT2D eigenvalue weighted by molar-refractivity contribution is 7.09. The molecular weight excluding hydrogens is 254 g/mol. The number of thiazole rings is 1. The molecule has 0 N–H and O–H groups in total. The normalized spacial score (nSPS) is 9.71. The average molecular weight is 268 g/mol. The van der Waals surface area contributed by atoms with E-state index >= 15 is 0 Å². The Balaban J connectivity index is 0.00000144. The van der Waals surface area contributed by atoms with Crippen LogP contribution in [0, 0.1) is 0 Å². The molecule has 0 aliphatic heterocycles. The molecule has 4 heteroatoms. The van der Waals surface area contributed by atoms with E-state index in [1.54, 1.807) is 11.3 Å². The van der Waals surface area contributed by atoms with Crippen molar-refractivity contribution in [1.82, 2.24) is 0 Å². The molecule has 1 heterocycles. The first kappa shape index (κ1) is 13.9. The first-order valence-electron chi connectivity index (χ1n) is 5.35. The largest absolute Gasteiger partial charge is 1.00 e. The Morgan fingerprint density at radius 2 is 2.00 bits per heavy atom. The molecule has 1 aromatic carbocycles. The monoisotopic (exact) mass is 267 g/mol. The number of Topliss-reactive ketones (excluding diaryl/α,β-unsaturated/α-hetero) is 1. The molecule has 2 rings (SSSR count). The standard InChI is InChI=1S/C13H14NOS.ClH/c1-2-13-14(8-9-16-13)10-12(15)11-6-4-3-5-7-11;/h3-9H,2,10H2,1H3;1H/q+1;/p-1. The van der Waals surface area contributed by atoms with Gasteiger partial charge in [0.15, 0.2) is 6.20 Å². The number of carbonyl (C=O) groups excluding carboxylic acids is 1. The van der Waals surface area contributed by atoms with Crippen molar-refractivity contribution in [2.24, 2.45) is 0 Å². The molecule has 0 radical (unpaired) electrons. The van der Waals surface area contributed by atoms with Gasteiger partial charge in [0, 0.05) is 12.0 Å². The lowest BCUT2D eigenvalue weighted by Gasteiger charge is -1.97. The molecule has 0 aliphatic carbocycles. The van der Waals surface area contributed by atoms with Crippen LogP contribution in [0.25, 0.3) is 0 Å². The predicted octanol–water partition coefficient (Wildman–Crippen LogP) is -0.515. The SMILES string of the molecule is CCc1scc[n+]1CC(=O)c1ccccc1.[Cl-]. The first-order valence-corrected chi connectivity index (χ1v) is 6.23. The maximum atomic E-state index is 12.0. The lowest BCUT2D eigenvalue weighted by atomic mass is 10.1. The summed E-state index contributed by atoms with van der Waals surface area (Å²) in [7, 11) is 0. The van der Waals surface area contributed by atoms with Crippen LogP contribution in [0.2, 0.25) is 0 Å². The topological polar surface area (TPSA) is 20.9 Å². The molecule has 0 atom stereocenters. The summed E-state index contributed by atoms with van der Waals surface area (Å²) in [4.78, 5) is 12.0. The van der Waals surface area contributed by atoms with Crippen LogP contribution in [0.4, 0.5) is 0 Å². The van der Waals surface area contributed by atoms with Gasteiger partial charge >= 0.3 is 0 Å². The molecule has 90 valence electrons. The third-order valence-corrected chi connectivity index (χ3v) is 3.53. The van der Waals surface area contributed by atoms with Gasteiger partial charge in [-0.2, -0.15) is 4.57 Å². The van der Waals surface area contributed by atoms with E-state index in [9.17, 15) is 4.79 Å². The fraction of sp³-hybridized carbons (Fsp3) is 0.231. The van der Waals surface area contributed by atoms with Crippen LogP contribution < -0.4 is 17.0 Å². The Labute approximate surface area is 111 Å². The number of aryl methyl sites for hydroxylation is 1. The van der Waals surface area contributed by atoms with E-state index in [1.807, 2.05) is 46.5 Å².